The lowest BCUT2D eigenvalue weighted by Crippen LogP contribution is -2.18. The molecule has 1 aromatic carbocycles. The van der Waals surface area contributed by atoms with Crippen LogP contribution in [0.5, 0.6) is 0 Å². The van der Waals surface area contributed by atoms with Crippen LogP contribution in [0.25, 0.3) is 0 Å². The largest absolute Gasteiger partial charge is 0.324 e. The molecular formula is C11H11ClN2. The summed E-state index contributed by atoms with van der Waals surface area (Å²) in [7, 11) is 0. The number of nitrogens with zero attached hydrogens (tertiary/aromatic N) is 1. The van der Waals surface area contributed by atoms with E-state index < -0.39 is 0 Å². The van der Waals surface area contributed by atoms with Crippen LogP contribution in [-0.2, 0) is 6.42 Å². The van der Waals surface area contributed by atoms with Crippen LogP contribution in [0, 0.1) is 11.3 Å². The number of nitriles is 1. The van der Waals surface area contributed by atoms with Gasteiger partial charge in [0.1, 0.15) is 0 Å². The van der Waals surface area contributed by atoms with E-state index in [2.05, 4.69) is 6.07 Å². The highest BCUT2D eigenvalue weighted by Crippen LogP contribution is 2.35. The van der Waals surface area contributed by atoms with Crippen molar-refractivity contribution < 1.29 is 0 Å². The lowest BCUT2D eigenvalue weighted by molar-refractivity contribution is 0.570. The molecule has 72 valence electrons. The fraction of sp³-hybridized carbons (Fsp3) is 0.364. The number of rotatable bonds is 0. The summed E-state index contributed by atoms with van der Waals surface area (Å²) in [5.74, 6) is 0. The Morgan fingerprint density at radius 3 is 3.00 bits per heavy atom. The van der Waals surface area contributed by atoms with Crippen molar-refractivity contribution in [1.82, 2.24) is 0 Å². The first-order chi connectivity index (χ1) is 6.74. The Balaban J connectivity index is 2.65. The maximum atomic E-state index is 8.94. The Kier molecular flexibility index (Phi) is 2.45. The molecule has 0 bridgehead atoms. The first kappa shape index (κ1) is 9.51. The summed E-state index contributed by atoms with van der Waals surface area (Å²) in [6, 6.07) is 5.73. The quantitative estimate of drug-likeness (QED) is 0.709. The molecule has 14 heavy (non-hydrogen) atoms. The standard InChI is InChI=1S/C11H11ClN2/c12-9-5-4-7(6-13)8-2-1-3-10(14)11(8)9/h4-5,10H,1-3,14H2/t10-/m1/s1. The molecule has 2 nitrogen and oxygen atoms in total. The molecule has 0 aliphatic heterocycles. The van der Waals surface area contributed by atoms with E-state index in [0.29, 0.717) is 5.02 Å². The molecule has 1 aromatic rings. The molecule has 1 aliphatic carbocycles. The van der Waals surface area contributed by atoms with E-state index in [1.165, 1.54) is 0 Å². The third-order valence-corrected chi connectivity index (χ3v) is 3.07. The van der Waals surface area contributed by atoms with Crippen LogP contribution in [0.3, 0.4) is 0 Å². The van der Waals surface area contributed by atoms with E-state index in [1.54, 1.807) is 12.1 Å². The van der Waals surface area contributed by atoms with Gasteiger partial charge in [-0.15, -0.1) is 0 Å². The molecule has 0 spiro atoms. The molecule has 0 saturated heterocycles. The van der Waals surface area contributed by atoms with Gasteiger partial charge in [0.15, 0.2) is 0 Å². The minimum absolute atomic E-state index is 0.000417. The number of nitrogens with two attached hydrogens (primary N) is 1. The van der Waals surface area contributed by atoms with Crippen molar-refractivity contribution in [1.29, 1.82) is 5.26 Å². The molecule has 0 fully saturated rings. The van der Waals surface area contributed by atoms with Gasteiger partial charge < -0.3 is 5.73 Å². The van der Waals surface area contributed by atoms with Crippen molar-refractivity contribution in [3.05, 3.63) is 33.8 Å². The van der Waals surface area contributed by atoms with Crippen LogP contribution < -0.4 is 5.73 Å². The molecule has 2 rings (SSSR count). The molecule has 0 radical (unpaired) electrons. The van der Waals surface area contributed by atoms with E-state index in [-0.39, 0.29) is 6.04 Å². The zero-order chi connectivity index (χ0) is 10.1. The van der Waals surface area contributed by atoms with Crippen LogP contribution in [-0.4, -0.2) is 0 Å². The van der Waals surface area contributed by atoms with Crippen LogP contribution in [0.15, 0.2) is 12.1 Å². The third-order valence-electron chi connectivity index (χ3n) is 2.74. The van der Waals surface area contributed by atoms with Crippen molar-refractivity contribution >= 4 is 11.6 Å². The summed E-state index contributed by atoms with van der Waals surface area (Å²) >= 11 is 6.08. The maximum absolute atomic E-state index is 8.94. The molecule has 0 heterocycles. The van der Waals surface area contributed by atoms with E-state index in [9.17, 15) is 0 Å². The zero-order valence-electron chi connectivity index (χ0n) is 7.76. The smallest absolute Gasteiger partial charge is 0.0994 e. The van der Waals surface area contributed by atoms with Gasteiger partial charge in [-0.25, -0.2) is 0 Å². The number of hydrogen-bond acceptors (Lipinski definition) is 2. The summed E-state index contributed by atoms with van der Waals surface area (Å²) < 4.78 is 0. The van der Waals surface area contributed by atoms with Gasteiger partial charge in [0.05, 0.1) is 11.6 Å². The van der Waals surface area contributed by atoms with E-state index in [0.717, 1.165) is 36.0 Å². The van der Waals surface area contributed by atoms with Crippen LogP contribution in [0.1, 0.15) is 35.6 Å². The minimum atomic E-state index is -0.000417. The van der Waals surface area contributed by atoms with Crippen LogP contribution in [0.2, 0.25) is 5.02 Å². The van der Waals surface area contributed by atoms with Gasteiger partial charge in [0, 0.05) is 11.1 Å². The predicted molar refractivity (Wildman–Crippen MR) is 56.0 cm³/mol. The normalized spacial score (nSPS) is 19.9. The first-order valence-electron chi connectivity index (χ1n) is 4.71. The molecule has 0 amide bonds. The van der Waals surface area contributed by atoms with Crippen molar-refractivity contribution in [2.75, 3.05) is 0 Å². The SMILES string of the molecule is N#Cc1ccc(Cl)c2c1CCC[C@H]2N. The summed E-state index contributed by atoms with van der Waals surface area (Å²) in [6.07, 6.45) is 2.93. The second kappa shape index (κ2) is 3.61. The Morgan fingerprint density at radius 1 is 1.50 bits per heavy atom. The highest BCUT2D eigenvalue weighted by molar-refractivity contribution is 6.31. The molecule has 0 unspecified atom stereocenters. The number of hydrogen-bond donors (Lipinski definition) is 1. The van der Waals surface area contributed by atoms with Gasteiger partial charge in [-0.05, 0) is 42.5 Å². The van der Waals surface area contributed by atoms with Gasteiger partial charge >= 0.3 is 0 Å². The molecule has 1 atom stereocenters. The highest BCUT2D eigenvalue weighted by Gasteiger charge is 2.21. The fourth-order valence-corrected chi connectivity index (χ4v) is 2.37. The monoisotopic (exact) mass is 206 g/mol. The third kappa shape index (κ3) is 1.39. The van der Waals surface area contributed by atoms with Crippen molar-refractivity contribution in [3.63, 3.8) is 0 Å². The number of halogens is 1. The topological polar surface area (TPSA) is 49.8 Å². The van der Waals surface area contributed by atoms with Crippen LogP contribution >= 0.6 is 11.6 Å². The lowest BCUT2D eigenvalue weighted by Gasteiger charge is -2.24. The lowest BCUT2D eigenvalue weighted by atomic mass is 9.85. The fourth-order valence-electron chi connectivity index (χ4n) is 2.05. The van der Waals surface area contributed by atoms with E-state index in [1.807, 2.05) is 0 Å². The molecule has 1 aliphatic rings. The predicted octanol–water partition coefficient (Wildman–Crippen LogP) is 2.55. The average molecular weight is 207 g/mol. The van der Waals surface area contributed by atoms with E-state index >= 15 is 0 Å². The zero-order valence-corrected chi connectivity index (χ0v) is 8.51. The number of fused-ring (bicyclic) bond motifs is 1. The molecule has 3 heteroatoms. The van der Waals surface area contributed by atoms with Gasteiger partial charge in [0.25, 0.3) is 0 Å². The summed E-state index contributed by atoms with van der Waals surface area (Å²) in [5.41, 5.74) is 8.74. The molecule has 2 N–H and O–H groups in total. The average Bonchev–Trinajstić information content (AvgIpc) is 2.18. The Labute approximate surface area is 88.3 Å². The van der Waals surface area contributed by atoms with E-state index in [4.69, 9.17) is 22.6 Å². The summed E-state index contributed by atoms with van der Waals surface area (Å²) in [5, 5.41) is 9.64. The van der Waals surface area contributed by atoms with Gasteiger partial charge in [-0.2, -0.15) is 5.26 Å². The van der Waals surface area contributed by atoms with Gasteiger partial charge in [-0.3, -0.25) is 0 Å². The molecule has 0 aromatic heterocycles. The highest BCUT2D eigenvalue weighted by atomic mass is 35.5. The Bertz CT molecular complexity index is 406. The Hall–Kier alpha value is -1.04. The summed E-state index contributed by atoms with van der Waals surface area (Å²) in [6.45, 7) is 0. The van der Waals surface area contributed by atoms with Crippen molar-refractivity contribution in [2.45, 2.75) is 25.3 Å². The summed E-state index contributed by atoms with van der Waals surface area (Å²) in [4.78, 5) is 0. The van der Waals surface area contributed by atoms with Gasteiger partial charge in [-0.1, -0.05) is 11.6 Å². The van der Waals surface area contributed by atoms with Gasteiger partial charge in [0.2, 0.25) is 0 Å². The first-order valence-corrected chi connectivity index (χ1v) is 5.09. The second-order valence-electron chi connectivity index (χ2n) is 3.60. The maximum Gasteiger partial charge on any atom is 0.0994 e. The Morgan fingerprint density at radius 2 is 2.29 bits per heavy atom. The molecule has 0 saturated carbocycles. The minimum Gasteiger partial charge on any atom is -0.324 e. The van der Waals surface area contributed by atoms with Crippen molar-refractivity contribution in [2.24, 2.45) is 5.73 Å². The van der Waals surface area contributed by atoms with Crippen molar-refractivity contribution in [3.8, 4) is 6.07 Å². The molecular weight excluding hydrogens is 196 g/mol. The number of benzene rings is 1. The second-order valence-corrected chi connectivity index (χ2v) is 4.00. The van der Waals surface area contributed by atoms with Crippen LogP contribution in [0.4, 0.5) is 0 Å².